The molecular weight excluding hydrogens is 426 g/mol. The Morgan fingerprint density at radius 1 is 1.35 bits per heavy atom. The van der Waals surface area contributed by atoms with Crippen LogP contribution in [0.1, 0.15) is 5.82 Å². The van der Waals surface area contributed by atoms with Crippen LogP contribution in [0.15, 0.2) is 28.7 Å². The summed E-state index contributed by atoms with van der Waals surface area (Å²) >= 11 is 13.7. The second-order valence-corrected chi connectivity index (χ2v) is 7.65. The minimum Gasteiger partial charge on any atom is -0.492 e. The van der Waals surface area contributed by atoms with Gasteiger partial charge in [0.2, 0.25) is 0 Å². The molecule has 0 aliphatic rings. The molecule has 1 heterocycles. The van der Waals surface area contributed by atoms with Crippen LogP contribution in [0, 0.1) is 4.77 Å². The van der Waals surface area contributed by atoms with E-state index in [4.69, 9.17) is 17.0 Å². The van der Waals surface area contributed by atoms with Crippen molar-refractivity contribution < 1.29 is 4.74 Å². The van der Waals surface area contributed by atoms with Gasteiger partial charge in [-0.1, -0.05) is 31.9 Å². The maximum absolute atomic E-state index is 5.70. The molecule has 8 heteroatoms. The quantitative estimate of drug-likeness (QED) is 0.499. The molecule has 0 amide bonds. The van der Waals surface area contributed by atoms with E-state index < -0.39 is 0 Å². The first-order valence-corrected chi connectivity index (χ1v) is 9.14. The third kappa shape index (κ3) is 5.59. The van der Waals surface area contributed by atoms with Crippen molar-refractivity contribution in [1.82, 2.24) is 15.2 Å². The van der Waals surface area contributed by atoms with E-state index in [0.717, 1.165) is 27.6 Å². The number of aromatic nitrogens is 3. The topological polar surface area (TPSA) is 53.7 Å². The van der Waals surface area contributed by atoms with Crippen LogP contribution in [0.5, 0.6) is 5.75 Å². The van der Waals surface area contributed by atoms with E-state index in [1.54, 1.807) is 11.8 Å². The number of rotatable bonds is 7. The van der Waals surface area contributed by atoms with Crippen LogP contribution >= 0.6 is 55.8 Å². The van der Waals surface area contributed by atoms with E-state index in [1.165, 1.54) is 0 Å². The minimum absolute atomic E-state index is 0.290. The van der Waals surface area contributed by atoms with Crippen molar-refractivity contribution in [2.45, 2.75) is 10.6 Å². The summed E-state index contributed by atoms with van der Waals surface area (Å²) in [7, 11) is 0. The molecule has 1 unspecified atom stereocenters. The maximum atomic E-state index is 5.70. The summed E-state index contributed by atoms with van der Waals surface area (Å²) < 4.78 is 7.32. The fourth-order valence-corrected chi connectivity index (χ4v) is 3.34. The Morgan fingerprint density at radius 2 is 2.10 bits per heavy atom. The normalized spacial score (nSPS) is 12.3. The Morgan fingerprint density at radius 3 is 2.75 bits per heavy atom. The summed E-state index contributed by atoms with van der Waals surface area (Å²) in [6, 6.07) is 7.82. The van der Waals surface area contributed by atoms with Gasteiger partial charge in [-0.25, -0.2) is 0 Å². The summed E-state index contributed by atoms with van der Waals surface area (Å²) in [6.45, 7) is 0.630. The minimum atomic E-state index is 0.290. The number of aromatic amines is 2. The molecule has 0 aliphatic carbocycles. The van der Waals surface area contributed by atoms with Crippen molar-refractivity contribution in [3.8, 4) is 5.75 Å². The van der Waals surface area contributed by atoms with E-state index in [-0.39, 0.29) is 4.83 Å². The number of hydrogen-bond acceptors (Lipinski definition) is 4. The summed E-state index contributed by atoms with van der Waals surface area (Å²) in [5.41, 5.74) is 0. The third-order valence-corrected chi connectivity index (χ3v) is 5.19. The summed E-state index contributed by atoms with van der Waals surface area (Å²) in [5.74, 6) is 3.48. The Balaban J connectivity index is 1.66. The third-order valence-electron chi connectivity index (χ3n) is 2.33. The van der Waals surface area contributed by atoms with Crippen LogP contribution in [0.25, 0.3) is 0 Å². The number of nitrogens with one attached hydrogen (secondary N) is 2. The van der Waals surface area contributed by atoms with E-state index in [2.05, 4.69) is 47.0 Å². The largest absolute Gasteiger partial charge is 0.492 e. The zero-order valence-electron chi connectivity index (χ0n) is 10.4. The molecule has 1 aromatic heterocycles. The highest BCUT2D eigenvalue weighted by Crippen LogP contribution is 2.18. The number of halogens is 2. The molecule has 0 fully saturated rings. The van der Waals surface area contributed by atoms with Gasteiger partial charge in [-0.15, -0.1) is 0 Å². The van der Waals surface area contributed by atoms with Gasteiger partial charge in [0, 0.05) is 10.2 Å². The summed E-state index contributed by atoms with van der Waals surface area (Å²) in [5, 5.41) is 6.77. The second kappa shape index (κ2) is 8.21. The number of alkyl halides is 1. The Kier molecular flexibility index (Phi) is 6.60. The predicted octanol–water partition coefficient (Wildman–Crippen LogP) is 4.31. The van der Waals surface area contributed by atoms with Gasteiger partial charge in [0.15, 0.2) is 4.77 Å². The van der Waals surface area contributed by atoms with Gasteiger partial charge in [0.1, 0.15) is 18.2 Å². The van der Waals surface area contributed by atoms with E-state index in [9.17, 15) is 0 Å². The summed E-state index contributed by atoms with van der Waals surface area (Å²) in [6.07, 6.45) is 0. The average molecular weight is 439 g/mol. The lowest BCUT2D eigenvalue weighted by Crippen LogP contribution is -2.13. The van der Waals surface area contributed by atoms with E-state index in [0.29, 0.717) is 11.4 Å². The fourth-order valence-electron chi connectivity index (χ4n) is 1.42. The first-order chi connectivity index (χ1) is 9.63. The first kappa shape index (κ1) is 16.1. The molecule has 0 saturated heterocycles. The monoisotopic (exact) mass is 437 g/mol. The van der Waals surface area contributed by atoms with Gasteiger partial charge >= 0.3 is 0 Å². The molecule has 0 spiro atoms. The molecule has 2 N–H and O–H groups in total. The summed E-state index contributed by atoms with van der Waals surface area (Å²) in [4.78, 5) is 3.28. The lowest BCUT2D eigenvalue weighted by molar-refractivity contribution is 0.325. The molecular formula is C12H13Br2N3OS2. The highest BCUT2D eigenvalue weighted by atomic mass is 79.9. The maximum Gasteiger partial charge on any atom is 0.192 e. The Labute approximate surface area is 143 Å². The van der Waals surface area contributed by atoms with Crippen LogP contribution in [0.4, 0.5) is 0 Å². The molecule has 1 aromatic carbocycles. The van der Waals surface area contributed by atoms with Crippen LogP contribution in [-0.2, 0) is 5.75 Å². The second-order valence-electron chi connectivity index (χ2n) is 4.00. The number of nitrogens with zero attached hydrogens (tertiary/aromatic N) is 1. The van der Waals surface area contributed by atoms with Crippen LogP contribution in [0.2, 0.25) is 0 Å². The lowest BCUT2D eigenvalue weighted by atomic mass is 10.3. The molecule has 2 rings (SSSR count). The van der Waals surface area contributed by atoms with Gasteiger partial charge in [-0.3, -0.25) is 5.10 Å². The fraction of sp³-hybridized carbons (Fsp3) is 0.333. The number of ether oxygens (including phenoxy) is 1. The van der Waals surface area contributed by atoms with E-state index in [1.807, 2.05) is 24.3 Å². The predicted molar refractivity (Wildman–Crippen MR) is 92.3 cm³/mol. The van der Waals surface area contributed by atoms with Crippen molar-refractivity contribution in [3.63, 3.8) is 0 Å². The van der Waals surface area contributed by atoms with Gasteiger partial charge < -0.3 is 9.72 Å². The standard InChI is InChI=1S/C12H13Br2N3OS2/c13-8-1-3-10(4-2-8)18-5-9(14)6-20-7-11-15-12(19)17-16-11/h1-4,9H,5-7H2,(H2,15,16,17,19). The average Bonchev–Trinajstić information content (AvgIpc) is 2.84. The van der Waals surface area contributed by atoms with Crippen LogP contribution < -0.4 is 4.74 Å². The van der Waals surface area contributed by atoms with Crippen molar-refractivity contribution >= 4 is 55.8 Å². The van der Waals surface area contributed by atoms with Gasteiger partial charge in [-0.05, 0) is 36.5 Å². The smallest absolute Gasteiger partial charge is 0.192 e. The molecule has 2 aromatic rings. The van der Waals surface area contributed by atoms with Crippen LogP contribution in [0.3, 0.4) is 0 Å². The van der Waals surface area contributed by atoms with Gasteiger partial charge in [0.25, 0.3) is 0 Å². The molecule has 4 nitrogen and oxygen atoms in total. The number of benzene rings is 1. The molecule has 0 radical (unpaired) electrons. The number of thioether (sulfide) groups is 1. The molecule has 108 valence electrons. The lowest BCUT2D eigenvalue weighted by Gasteiger charge is -2.11. The van der Waals surface area contributed by atoms with E-state index >= 15 is 0 Å². The zero-order chi connectivity index (χ0) is 14.4. The van der Waals surface area contributed by atoms with Gasteiger partial charge in [-0.2, -0.15) is 16.9 Å². The van der Waals surface area contributed by atoms with Crippen molar-refractivity contribution in [3.05, 3.63) is 39.3 Å². The van der Waals surface area contributed by atoms with Crippen molar-refractivity contribution in [2.24, 2.45) is 0 Å². The first-order valence-electron chi connectivity index (χ1n) is 5.87. The SMILES string of the molecule is S=c1[nH]nc(CSCC(Br)COc2ccc(Br)cc2)[nH]1. The molecule has 0 saturated carbocycles. The zero-order valence-corrected chi connectivity index (χ0v) is 15.2. The molecule has 20 heavy (non-hydrogen) atoms. The highest BCUT2D eigenvalue weighted by molar-refractivity contribution is 9.10. The highest BCUT2D eigenvalue weighted by Gasteiger charge is 2.07. The van der Waals surface area contributed by atoms with Crippen molar-refractivity contribution in [2.75, 3.05) is 12.4 Å². The van der Waals surface area contributed by atoms with Crippen LogP contribution in [-0.4, -0.2) is 32.4 Å². The molecule has 1 atom stereocenters. The van der Waals surface area contributed by atoms with Crippen molar-refractivity contribution in [1.29, 1.82) is 0 Å². The number of hydrogen-bond donors (Lipinski definition) is 2. The van der Waals surface area contributed by atoms with Gasteiger partial charge in [0.05, 0.1) is 10.6 Å². The molecule has 0 bridgehead atoms. The Hall–Kier alpha value is -0.310. The number of H-pyrrole nitrogens is 2. The molecule has 0 aliphatic heterocycles. The Bertz CT molecular complexity index is 585.